The lowest BCUT2D eigenvalue weighted by Crippen LogP contribution is -2.28. The average molecular weight is 386 g/mol. The molecule has 1 saturated carbocycles. The van der Waals surface area contributed by atoms with Gasteiger partial charge in [0.05, 0.1) is 21.8 Å². The number of aromatic nitrogens is 3. The van der Waals surface area contributed by atoms with E-state index in [0.717, 1.165) is 24.2 Å². The van der Waals surface area contributed by atoms with Gasteiger partial charge in [-0.25, -0.2) is 4.68 Å². The van der Waals surface area contributed by atoms with Crippen molar-refractivity contribution in [2.24, 2.45) is 0 Å². The third-order valence-corrected chi connectivity index (χ3v) is 5.47. The van der Waals surface area contributed by atoms with Crippen molar-refractivity contribution < 1.29 is 4.79 Å². The molecule has 1 aromatic carbocycles. The lowest BCUT2D eigenvalue weighted by Gasteiger charge is -2.14. The number of hydrogen-bond acceptors (Lipinski definition) is 5. The van der Waals surface area contributed by atoms with Gasteiger partial charge in [-0.1, -0.05) is 41.0 Å². The lowest BCUT2D eigenvalue weighted by molar-refractivity contribution is -0.119. The first kappa shape index (κ1) is 17.4. The van der Waals surface area contributed by atoms with E-state index in [9.17, 15) is 4.79 Å². The molecule has 1 aromatic heterocycles. The molecule has 0 unspecified atom stereocenters. The molecule has 1 heterocycles. The maximum Gasteiger partial charge on any atom is 0.230 e. The van der Waals surface area contributed by atoms with Gasteiger partial charge in [-0.3, -0.25) is 4.79 Å². The highest BCUT2D eigenvalue weighted by Gasteiger charge is 2.30. The summed E-state index contributed by atoms with van der Waals surface area (Å²) < 4.78 is 1.48. The van der Waals surface area contributed by atoms with E-state index >= 15 is 0 Å². The number of nitrogen functional groups attached to an aromatic ring is 1. The average Bonchev–Trinajstić information content (AvgIpc) is 3.32. The highest BCUT2D eigenvalue weighted by atomic mass is 35.5. The summed E-state index contributed by atoms with van der Waals surface area (Å²) in [4.78, 5) is 12.1. The Hall–Kier alpha value is -1.44. The van der Waals surface area contributed by atoms with Gasteiger partial charge in [-0.2, -0.15) is 0 Å². The fraction of sp³-hybridized carbons (Fsp3) is 0.400. The molecule has 0 radical (unpaired) electrons. The van der Waals surface area contributed by atoms with Crippen LogP contribution in [0.2, 0.25) is 10.0 Å². The number of benzene rings is 1. The van der Waals surface area contributed by atoms with Crippen LogP contribution in [0.25, 0.3) is 0 Å². The first-order valence-electron chi connectivity index (χ1n) is 7.53. The number of hydrogen-bond donors (Lipinski definition) is 2. The van der Waals surface area contributed by atoms with Crippen LogP contribution in [-0.2, 0) is 4.79 Å². The van der Waals surface area contributed by atoms with E-state index in [-0.39, 0.29) is 17.7 Å². The van der Waals surface area contributed by atoms with Crippen LogP contribution in [0.1, 0.15) is 43.1 Å². The van der Waals surface area contributed by atoms with Gasteiger partial charge in [0.15, 0.2) is 5.82 Å². The first-order chi connectivity index (χ1) is 11.5. The molecule has 6 nitrogen and oxygen atoms in total. The van der Waals surface area contributed by atoms with Gasteiger partial charge < -0.3 is 11.2 Å². The predicted octanol–water partition coefficient (Wildman–Crippen LogP) is 3.15. The van der Waals surface area contributed by atoms with Crippen molar-refractivity contribution in [2.75, 3.05) is 11.6 Å². The third-order valence-electron chi connectivity index (χ3n) is 3.79. The summed E-state index contributed by atoms with van der Waals surface area (Å²) in [6.45, 7) is 1.89. The molecular formula is C15H17Cl2N5OS. The minimum absolute atomic E-state index is 0.116. The fourth-order valence-corrected chi connectivity index (χ4v) is 3.27. The van der Waals surface area contributed by atoms with Gasteiger partial charge in [0, 0.05) is 5.92 Å². The van der Waals surface area contributed by atoms with Crippen molar-refractivity contribution in [1.82, 2.24) is 20.2 Å². The van der Waals surface area contributed by atoms with Crippen molar-refractivity contribution >= 4 is 40.9 Å². The van der Waals surface area contributed by atoms with Crippen molar-refractivity contribution in [2.45, 2.75) is 36.9 Å². The standard InChI is InChI=1S/C15H17Cl2N5OS/c1-8(10-4-5-11(16)12(17)6-10)19-13(23)7-24-15-21-20-14(22(15)18)9-2-3-9/h4-6,8-9H,2-3,7,18H2,1H3,(H,19,23)/t8-/m0/s1. The Morgan fingerprint density at radius 2 is 2.17 bits per heavy atom. The predicted molar refractivity (Wildman–Crippen MR) is 95.9 cm³/mol. The number of carbonyl (C=O) groups is 1. The van der Waals surface area contributed by atoms with Gasteiger partial charge in [-0.05, 0) is 37.5 Å². The number of carbonyl (C=O) groups excluding carboxylic acids is 1. The molecule has 9 heteroatoms. The van der Waals surface area contributed by atoms with Crippen LogP contribution in [0.4, 0.5) is 0 Å². The molecule has 1 aliphatic carbocycles. The number of nitrogens with one attached hydrogen (secondary N) is 1. The van der Waals surface area contributed by atoms with Gasteiger partial charge in [0.25, 0.3) is 0 Å². The van der Waals surface area contributed by atoms with Gasteiger partial charge in [0.1, 0.15) is 0 Å². The highest BCUT2D eigenvalue weighted by Crippen LogP contribution is 2.39. The summed E-state index contributed by atoms with van der Waals surface area (Å²) in [6, 6.07) is 5.13. The molecule has 1 amide bonds. The summed E-state index contributed by atoms with van der Waals surface area (Å²) >= 11 is 13.2. The smallest absolute Gasteiger partial charge is 0.230 e. The summed E-state index contributed by atoms with van der Waals surface area (Å²) in [7, 11) is 0. The number of halogens is 2. The quantitative estimate of drug-likeness (QED) is 0.589. The third kappa shape index (κ3) is 3.96. The first-order valence-corrected chi connectivity index (χ1v) is 9.27. The number of nitrogens with zero attached hydrogens (tertiary/aromatic N) is 3. The Labute approximate surface area is 154 Å². The van der Waals surface area contributed by atoms with Gasteiger partial charge in [-0.15, -0.1) is 10.2 Å². The molecule has 3 rings (SSSR count). The lowest BCUT2D eigenvalue weighted by atomic mass is 10.1. The van der Waals surface area contributed by atoms with Crippen LogP contribution >= 0.6 is 35.0 Å². The monoisotopic (exact) mass is 385 g/mol. The Balaban J connectivity index is 1.54. The van der Waals surface area contributed by atoms with Crippen LogP contribution in [0.15, 0.2) is 23.4 Å². The van der Waals surface area contributed by atoms with E-state index in [1.807, 2.05) is 13.0 Å². The Bertz CT molecular complexity index is 762. The van der Waals surface area contributed by atoms with Crippen LogP contribution in [0, 0.1) is 0 Å². The molecule has 3 N–H and O–H groups in total. The molecule has 24 heavy (non-hydrogen) atoms. The van der Waals surface area contributed by atoms with Crippen molar-refractivity contribution in [3.8, 4) is 0 Å². The topological polar surface area (TPSA) is 85.8 Å². The second-order valence-electron chi connectivity index (χ2n) is 5.74. The van der Waals surface area contributed by atoms with E-state index in [0.29, 0.717) is 21.1 Å². The Morgan fingerprint density at radius 3 is 2.83 bits per heavy atom. The number of amides is 1. The number of rotatable bonds is 6. The maximum atomic E-state index is 12.1. The van der Waals surface area contributed by atoms with Crippen LogP contribution in [0.5, 0.6) is 0 Å². The van der Waals surface area contributed by atoms with Gasteiger partial charge >= 0.3 is 0 Å². The zero-order chi connectivity index (χ0) is 17.3. The molecule has 0 saturated heterocycles. The summed E-state index contributed by atoms with van der Waals surface area (Å²) in [5, 5.41) is 12.6. The molecular weight excluding hydrogens is 369 g/mol. The number of nitrogens with two attached hydrogens (primary N) is 1. The highest BCUT2D eigenvalue weighted by molar-refractivity contribution is 7.99. The van der Waals surface area contributed by atoms with E-state index in [4.69, 9.17) is 29.0 Å². The Kier molecular flexibility index (Phi) is 5.22. The van der Waals surface area contributed by atoms with Crippen LogP contribution in [0.3, 0.4) is 0 Å². The van der Waals surface area contributed by atoms with E-state index in [1.165, 1.54) is 16.4 Å². The van der Waals surface area contributed by atoms with E-state index < -0.39 is 0 Å². The summed E-state index contributed by atoms with van der Waals surface area (Å²) in [6.07, 6.45) is 2.20. The number of thioether (sulfide) groups is 1. The second kappa shape index (κ2) is 7.21. The Morgan fingerprint density at radius 1 is 1.42 bits per heavy atom. The van der Waals surface area contributed by atoms with Crippen LogP contribution in [-0.4, -0.2) is 26.5 Å². The van der Waals surface area contributed by atoms with Crippen LogP contribution < -0.4 is 11.2 Å². The maximum absolute atomic E-state index is 12.1. The molecule has 128 valence electrons. The molecule has 0 spiro atoms. The summed E-state index contributed by atoms with van der Waals surface area (Å²) in [5.41, 5.74) is 0.890. The molecule has 0 bridgehead atoms. The van der Waals surface area contributed by atoms with Gasteiger partial charge in [0.2, 0.25) is 11.1 Å². The van der Waals surface area contributed by atoms with Crippen molar-refractivity contribution in [3.63, 3.8) is 0 Å². The molecule has 2 aromatic rings. The normalized spacial score (nSPS) is 15.3. The zero-order valence-corrected chi connectivity index (χ0v) is 15.3. The SMILES string of the molecule is C[C@H](NC(=O)CSc1nnc(C2CC2)n1N)c1ccc(Cl)c(Cl)c1. The van der Waals surface area contributed by atoms with E-state index in [2.05, 4.69) is 15.5 Å². The minimum Gasteiger partial charge on any atom is -0.349 e. The molecule has 1 aliphatic rings. The summed E-state index contributed by atoms with van der Waals surface area (Å²) in [5.74, 6) is 7.27. The fourth-order valence-electron chi connectivity index (χ4n) is 2.28. The molecule has 1 atom stereocenters. The van der Waals surface area contributed by atoms with Crippen molar-refractivity contribution in [3.05, 3.63) is 39.6 Å². The van der Waals surface area contributed by atoms with E-state index in [1.54, 1.807) is 12.1 Å². The van der Waals surface area contributed by atoms with Crippen molar-refractivity contribution in [1.29, 1.82) is 0 Å². The molecule has 0 aliphatic heterocycles. The second-order valence-corrected chi connectivity index (χ2v) is 7.49. The largest absolute Gasteiger partial charge is 0.349 e. The minimum atomic E-state index is -0.175. The molecule has 1 fully saturated rings. The zero-order valence-electron chi connectivity index (χ0n) is 13.0.